The smallest absolute Gasteiger partial charge is 0.408 e. The molecule has 112 valence electrons. The Labute approximate surface area is 119 Å². The van der Waals surface area contributed by atoms with Crippen molar-refractivity contribution in [3.8, 4) is 0 Å². The van der Waals surface area contributed by atoms with Crippen LogP contribution in [0.4, 0.5) is 0 Å². The van der Waals surface area contributed by atoms with Gasteiger partial charge in [0.2, 0.25) is 15.9 Å². The third kappa shape index (κ3) is 2.24. The van der Waals surface area contributed by atoms with Gasteiger partial charge in [0, 0.05) is 12.6 Å². The zero-order valence-electron chi connectivity index (χ0n) is 10.9. The van der Waals surface area contributed by atoms with Crippen molar-refractivity contribution in [2.24, 2.45) is 5.73 Å². The number of nitrogens with two attached hydrogens (primary N) is 1. The molecule has 2 heterocycles. The number of hydrogen-bond donors (Lipinski definition) is 2. The van der Waals surface area contributed by atoms with Gasteiger partial charge < -0.3 is 10.2 Å². The van der Waals surface area contributed by atoms with Crippen LogP contribution in [0.25, 0.3) is 11.1 Å². The van der Waals surface area contributed by atoms with Crippen molar-refractivity contribution in [1.82, 2.24) is 9.29 Å². The Morgan fingerprint density at radius 1 is 1.43 bits per heavy atom. The quantitative estimate of drug-likeness (QED) is 0.809. The Balaban J connectivity index is 2.07. The summed E-state index contributed by atoms with van der Waals surface area (Å²) in [5.41, 5.74) is 5.80. The summed E-state index contributed by atoms with van der Waals surface area (Å²) in [6.07, 6.45) is 0.990. The second-order valence-electron chi connectivity index (χ2n) is 4.85. The maximum Gasteiger partial charge on any atom is 0.417 e. The molecule has 1 fully saturated rings. The van der Waals surface area contributed by atoms with Crippen LogP contribution in [0, 0.1) is 0 Å². The fourth-order valence-electron chi connectivity index (χ4n) is 2.53. The summed E-state index contributed by atoms with van der Waals surface area (Å²) in [4.78, 5) is 24.9. The first-order valence-electron chi connectivity index (χ1n) is 6.33. The molecule has 1 saturated heterocycles. The van der Waals surface area contributed by atoms with Gasteiger partial charge in [-0.3, -0.25) is 9.78 Å². The molecule has 0 bridgehead atoms. The van der Waals surface area contributed by atoms with Crippen molar-refractivity contribution in [1.29, 1.82) is 0 Å². The molecule has 1 aromatic heterocycles. The molecule has 1 aromatic carbocycles. The lowest BCUT2D eigenvalue weighted by molar-refractivity contribution is -0.121. The number of benzene rings is 1. The van der Waals surface area contributed by atoms with Gasteiger partial charge in [-0.15, -0.1) is 0 Å². The Bertz CT molecular complexity index is 866. The molecule has 0 aliphatic carbocycles. The van der Waals surface area contributed by atoms with Crippen molar-refractivity contribution in [2.75, 3.05) is 6.54 Å². The van der Waals surface area contributed by atoms with Gasteiger partial charge in [0.05, 0.1) is 10.4 Å². The van der Waals surface area contributed by atoms with Crippen molar-refractivity contribution in [3.05, 3.63) is 28.7 Å². The molecule has 1 aliphatic heterocycles. The second kappa shape index (κ2) is 4.71. The Morgan fingerprint density at radius 3 is 2.90 bits per heavy atom. The van der Waals surface area contributed by atoms with E-state index in [1.807, 2.05) is 0 Å². The molecule has 21 heavy (non-hydrogen) atoms. The third-order valence-electron chi connectivity index (χ3n) is 3.53. The number of hydrogen-bond acceptors (Lipinski definition) is 5. The predicted molar refractivity (Wildman–Crippen MR) is 72.9 cm³/mol. The number of amides is 1. The third-order valence-corrected chi connectivity index (χ3v) is 5.44. The van der Waals surface area contributed by atoms with E-state index in [1.54, 1.807) is 0 Å². The van der Waals surface area contributed by atoms with Crippen LogP contribution in [-0.4, -0.2) is 36.2 Å². The van der Waals surface area contributed by atoms with E-state index in [2.05, 4.69) is 4.98 Å². The normalized spacial score (nSPS) is 20.1. The first-order chi connectivity index (χ1) is 9.89. The van der Waals surface area contributed by atoms with Gasteiger partial charge in [0.1, 0.15) is 6.04 Å². The molecule has 3 rings (SSSR count). The number of sulfonamides is 1. The first kappa shape index (κ1) is 13.8. The standard InChI is InChI=1S/C12H13N3O5S/c13-11(16)9-2-1-5-15(9)21(18,19)7-3-4-8-10(6-7)20-12(17)14-8/h3-4,6,9H,1-2,5H2,(H2,13,16)(H,14,17)/t9-/m0/s1. The fraction of sp³-hybridized carbons (Fsp3) is 0.333. The second-order valence-corrected chi connectivity index (χ2v) is 6.74. The molecule has 0 unspecified atom stereocenters. The summed E-state index contributed by atoms with van der Waals surface area (Å²) in [5.74, 6) is -1.32. The SMILES string of the molecule is NC(=O)[C@@H]1CCCN1S(=O)(=O)c1ccc2[nH]c(=O)oc2c1. The lowest BCUT2D eigenvalue weighted by Gasteiger charge is -2.21. The van der Waals surface area contributed by atoms with Crippen molar-refractivity contribution in [2.45, 2.75) is 23.8 Å². The number of aromatic nitrogens is 1. The number of H-pyrrole nitrogens is 1. The van der Waals surface area contributed by atoms with Crippen molar-refractivity contribution >= 4 is 27.0 Å². The predicted octanol–water partition coefficient (Wildman–Crippen LogP) is -0.240. The number of primary amides is 1. The van der Waals surface area contributed by atoms with E-state index in [-0.39, 0.29) is 17.0 Å². The summed E-state index contributed by atoms with van der Waals surface area (Å²) < 4.78 is 31.1. The number of carbonyl (C=O) groups is 1. The van der Waals surface area contributed by atoms with Gasteiger partial charge in [-0.1, -0.05) is 0 Å². The van der Waals surface area contributed by atoms with E-state index < -0.39 is 27.7 Å². The van der Waals surface area contributed by atoms with Gasteiger partial charge >= 0.3 is 5.76 Å². The molecule has 0 spiro atoms. The van der Waals surface area contributed by atoms with Gasteiger partial charge in [-0.2, -0.15) is 4.31 Å². The Morgan fingerprint density at radius 2 is 2.19 bits per heavy atom. The molecule has 0 radical (unpaired) electrons. The summed E-state index contributed by atoms with van der Waals surface area (Å²) in [7, 11) is -3.86. The number of rotatable bonds is 3. The lowest BCUT2D eigenvalue weighted by Crippen LogP contribution is -2.43. The van der Waals surface area contributed by atoms with E-state index in [4.69, 9.17) is 10.2 Å². The van der Waals surface area contributed by atoms with Crippen molar-refractivity contribution in [3.63, 3.8) is 0 Å². The van der Waals surface area contributed by atoms with Crippen LogP contribution in [0.3, 0.4) is 0 Å². The maximum atomic E-state index is 12.6. The molecular weight excluding hydrogens is 298 g/mol. The van der Waals surface area contributed by atoms with Crippen LogP contribution in [0.2, 0.25) is 0 Å². The zero-order chi connectivity index (χ0) is 15.2. The minimum Gasteiger partial charge on any atom is -0.408 e. The average molecular weight is 311 g/mol. The topological polar surface area (TPSA) is 126 Å². The maximum absolute atomic E-state index is 12.6. The minimum absolute atomic E-state index is 0.0362. The Hall–Kier alpha value is -2.13. The monoisotopic (exact) mass is 311 g/mol. The summed E-state index contributed by atoms with van der Waals surface area (Å²) in [6, 6.07) is 3.24. The van der Waals surface area contributed by atoms with E-state index in [9.17, 15) is 18.0 Å². The van der Waals surface area contributed by atoms with Crippen LogP contribution in [0.5, 0.6) is 0 Å². The van der Waals surface area contributed by atoms with E-state index in [0.29, 0.717) is 18.4 Å². The number of nitrogens with one attached hydrogen (secondary N) is 1. The number of fused-ring (bicyclic) bond motifs is 1. The van der Waals surface area contributed by atoms with Gasteiger partial charge in [-0.05, 0) is 25.0 Å². The molecule has 0 saturated carbocycles. The molecule has 8 nitrogen and oxygen atoms in total. The fourth-order valence-corrected chi connectivity index (χ4v) is 4.21. The van der Waals surface area contributed by atoms with Crippen molar-refractivity contribution < 1.29 is 17.6 Å². The minimum atomic E-state index is -3.86. The van der Waals surface area contributed by atoms with Gasteiger partial charge in [-0.25, -0.2) is 13.2 Å². The molecule has 1 atom stereocenters. The van der Waals surface area contributed by atoms with Crippen LogP contribution in [0.1, 0.15) is 12.8 Å². The summed E-state index contributed by atoms with van der Waals surface area (Å²) >= 11 is 0. The van der Waals surface area contributed by atoms with Crippen LogP contribution >= 0.6 is 0 Å². The highest BCUT2D eigenvalue weighted by Crippen LogP contribution is 2.27. The van der Waals surface area contributed by atoms with Crippen LogP contribution < -0.4 is 11.5 Å². The average Bonchev–Trinajstić information content (AvgIpc) is 3.02. The Kier molecular flexibility index (Phi) is 3.10. The lowest BCUT2D eigenvalue weighted by atomic mass is 10.2. The van der Waals surface area contributed by atoms with Crippen LogP contribution in [-0.2, 0) is 14.8 Å². The number of carbonyl (C=O) groups excluding carboxylic acids is 1. The highest BCUT2D eigenvalue weighted by Gasteiger charge is 2.38. The van der Waals surface area contributed by atoms with E-state index in [0.717, 1.165) is 4.31 Å². The van der Waals surface area contributed by atoms with E-state index in [1.165, 1.54) is 18.2 Å². The van der Waals surface area contributed by atoms with Crippen LogP contribution in [0.15, 0.2) is 32.3 Å². The van der Waals surface area contributed by atoms with E-state index >= 15 is 0 Å². The highest BCUT2D eigenvalue weighted by atomic mass is 32.2. The van der Waals surface area contributed by atoms with Gasteiger partial charge in [0.25, 0.3) is 0 Å². The number of nitrogens with zero attached hydrogens (tertiary/aromatic N) is 1. The first-order valence-corrected chi connectivity index (χ1v) is 7.77. The molecular formula is C12H13N3O5S. The summed E-state index contributed by atoms with van der Waals surface area (Å²) in [6.45, 7) is 0.241. The molecule has 2 aromatic rings. The zero-order valence-corrected chi connectivity index (χ0v) is 11.7. The molecule has 1 amide bonds. The molecule has 1 aliphatic rings. The number of aromatic amines is 1. The number of oxazole rings is 1. The van der Waals surface area contributed by atoms with Gasteiger partial charge in [0.15, 0.2) is 5.58 Å². The molecule has 3 N–H and O–H groups in total. The molecule has 9 heteroatoms. The summed E-state index contributed by atoms with van der Waals surface area (Å²) in [5, 5.41) is 0. The largest absolute Gasteiger partial charge is 0.417 e. The highest BCUT2D eigenvalue weighted by molar-refractivity contribution is 7.89.